The summed E-state index contributed by atoms with van der Waals surface area (Å²) in [7, 11) is -3.73. The second kappa shape index (κ2) is 8.31. The molecule has 0 spiro atoms. The highest BCUT2D eigenvalue weighted by atomic mass is 35.5. The number of hydrogen-bond acceptors (Lipinski definition) is 3. The Hall–Kier alpha value is -2.05. The van der Waals surface area contributed by atoms with E-state index in [0.29, 0.717) is 16.4 Å². The number of halogens is 1. The monoisotopic (exact) mass is 406 g/mol. The van der Waals surface area contributed by atoms with Gasteiger partial charge >= 0.3 is 0 Å². The van der Waals surface area contributed by atoms with Crippen molar-refractivity contribution in [1.29, 1.82) is 0 Å². The van der Waals surface area contributed by atoms with Gasteiger partial charge in [0, 0.05) is 16.6 Å². The lowest BCUT2D eigenvalue weighted by Gasteiger charge is -2.20. The molecule has 0 unspecified atom stereocenters. The number of amides is 1. The van der Waals surface area contributed by atoms with E-state index in [1.165, 1.54) is 18.6 Å². The summed E-state index contributed by atoms with van der Waals surface area (Å²) in [5.41, 5.74) is 1.88. The minimum Gasteiger partial charge on any atom is -0.326 e. The quantitative estimate of drug-likeness (QED) is 0.736. The van der Waals surface area contributed by atoms with Gasteiger partial charge in [0.15, 0.2) is 0 Å². The third kappa shape index (κ3) is 5.02. The molecule has 1 saturated carbocycles. The van der Waals surface area contributed by atoms with Gasteiger partial charge in [-0.15, -0.1) is 0 Å². The number of hydrogen-bond donors (Lipinski definition) is 2. The Labute approximate surface area is 165 Å². The minimum absolute atomic E-state index is 0.0118. The molecule has 1 aliphatic rings. The maximum absolute atomic E-state index is 12.5. The van der Waals surface area contributed by atoms with Crippen LogP contribution < -0.4 is 10.0 Å². The van der Waals surface area contributed by atoms with Crippen molar-refractivity contribution in [3.8, 4) is 0 Å². The SMILES string of the molecule is Cc1ccc(NS(=O)(=O)c2ccc(NC(=O)C3CCCCC3)cc2)cc1Cl. The van der Waals surface area contributed by atoms with Gasteiger partial charge < -0.3 is 5.32 Å². The summed E-state index contributed by atoms with van der Waals surface area (Å²) >= 11 is 6.05. The molecule has 0 bridgehead atoms. The predicted octanol–water partition coefficient (Wildman–Crippen LogP) is 4.97. The molecule has 5 nitrogen and oxygen atoms in total. The molecule has 1 aliphatic carbocycles. The minimum atomic E-state index is -3.73. The van der Waals surface area contributed by atoms with Crippen molar-refractivity contribution >= 4 is 38.9 Å². The van der Waals surface area contributed by atoms with Crippen LogP contribution in [0.4, 0.5) is 11.4 Å². The Morgan fingerprint density at radius 3 is 2.26 bits per heavy atom. The summed E-state index contributed by atoms with van der Waals surface area (Å²) in [4.78, 5) is 12.4. The van der Waals surface area contributed by atoms with E-state index < -0.39 is 10.0 Å². The highest BCUT2D eigenvalue weighted by Crippen LogP contribution is 2.26. The number of anilines is 2. The summed E-state index contributed by atoms with van der Waals surface area (Å²) in [5, 5.41) is 3.38. The molecule has 0 radical (unpaired) electrons. The molecule has 2 aromatic rings. The fraction of sp³-hybridized carbons (Fsp3) is 0.350. The number of sulfonamides is 1. The maximum Gasteiger partial charge on any atom is 0.261 e. The zero-order valence-corrected chi connectivity index (χ0v) is 16.7. The first-order chi connectivity index (χ1) is 12.8. The molecule has 1 amide bonds. The van der Waals surface area contributed by atoms with Crippen LogP contribution in [-0.2, 0) is 14.8 Å². The average molecular weight is 407 g/mol. The van der Waals surface area contributed by atoms with Gasteiger partial charge in [-0.3, -0.25) is 9.52 Å². The van der Waals surface area contributed by atoms with Crippen LogP contribution in [0.2, 0.25) is 5.02 Å². The van der Waals surface area contributed by atoms with E-state index >= 15 is 0 Å². The summed E-state index contributed by atoms with van der Waals surface area (Å²) in [6.45, 7) is 1.85. The Bertz CT molecular complexity index is 921. The topological polar surface area (TPSA) is 75.3 Å². The van der Waals surface area contributed by atoms with Crippen molar-refractivity contribution in [1.82, 2.24) is 0 Å². The Balaban J connectivity index is 1.68. The van der Waals surface area contributed by atoms with Gasteiger partial charge in [0.05, 0.1) is 10.6 Å². The molecule has 0 heterocycles. The normalized spacial score (nSPS) is 15.3. The fourth-order valence-electron chi connectivity index (χ4n) is 3.20. The standard InChI is InChI=1S/C20H23ClN2O3S/c1-14-7-8-17(13-19(14)21)23-27(25,26)18-11-9-16(10-12-18)22-20(24)15-5-3-2-4-6-15/h7-13,15,23H,2-6H2,1H3,(H,22,24). The van der Waals surface area contributed by atoms with E-state index in [4.69, 9.17) is 11.6 Å². The summed E-state index contributed by atoms with van der Waals surface area (Å²) in [5.74, 6) is 0.0628. The lowest BCUT2D eigenvalue weighted by atomic mass is 9.88. The van der Waals surface area contributed by atoms with Gasteiger partial charge in [-0.2, -0.15) is 0 Å². The number of nitrogens with one attached hydrogen (secondary N) is 2. The van der Waals surface area contributed by atoms with Crippen molar-refractivity contribution in [2.45, 2.75) is 43.9 Å². The molecular formula is C20H23ClN2O3S. The number of carbonyl (C=O) groups is 1. The van der Waals surface area contributed by atoms with E-state index in [1.807, 2.05) is 6.92 Å². The van der Waals surface area contributed by atoms with Crippen molar-refractivity contribution in [3.63, 3.8) is 0 Å². The molecule has 0 aromatic heterocycles. The molecule has 3 rings (SSSR count). The van der Waals surface area contributed by atoms with Gasteiger partial charge in [-0.05, 0) is 61.7 Å². The van der Waals surface area contributed by atoms with E-state index in [-0.39, 0.29) is 16.7 Å². The molecule has 2 aromatic carbocycles. The Morgan fingerprint density at radius 1 is 1.00 bits per heavy atom. The smallest absolute Gasteiger partial charge is 0.261 e. The third-order valence-electron chi connectivity index (χ3n) is 4.83. The van der Waals surface area contributed by atoms with Gasteiger partial charge in [-0.1, -0.05) is 36.9 Å². The lowest BCUT2D eigenvalue weighted by Crippen LogP contribution is -2.24. The summed E-state index contributed by atoms with van der Waals surface area (Å²) < 4.78 is 27.6. The van der Waals surface area contributed by atoms with Crippen LogP contribution in [0.25, 0.3) is 0 Å². The van der Waals surface area contributed by atoms with Crippen LogP contribution in [0.3, 0.4) is 0 Å². The Kier molecular flexibility index (Phi) is 6.07. The van der Waals surface area contributed by atoms with Crippen LogP contribution in [0.15, 0.2) is 47.4 Å². The van der Waals surface area contributed by atoms with E-state index in [1.54, 1.807) is 30.3 Å². The molecule has 0 saturated heterocycles. The van der Waals surface area contributed by atoms with E-state index in [2.05, 4.69) is 10.0 Å². The number of aryl methyl sites for hydroxylation is 1. The molecule has 0 aliphatic heterocycles. The van der Waals surface area contributed by atoms with E-state index in [9.17, 15) is 13.2 Å². The zero-order chi connectivity index (χ0) is 19.4. The number of carbonyl (C=O) groups excluding carboxylic acids is 1. The maximum atomic E-state index is 12.5. The molecule has 2 N–H and O–H groups in total. The molecule has 144 valence electrons. The number of rotatable bonds is 5. The van der Waals surface area contributed by atoms with Gasteiger partial charge in [0.25, 0.3) is 10.0 Å². The average Bonchev–Trinajstić information content (AvgIpc) is 2.66. The molecule has 27 heavy (non-hydrogen) atoms. The van der Waals surface area contributed by atoms with Crippen molar-refractivity contribution in [2.24, 2.45) is 5.92 Å². The van der Waals surface area contributed by atoms with Crippen molar-refractivity contribution < 1.29 is 13.2 Å². The Morgan fingerprint density at radius 2 is 1.63 bits per heavy atom. The highest BCUT2D eigenvalue weighted by molar-refractivity contribution is 7.92. The molecule has 7 heteroatoms. The summed E-state index contributed by atoms with van der Waals surface area (Å²) in [6.07, 6.45) is 5.20. The molecule has 0 atom stereocenters. The van der Waals surface area contributed by atoms with Gasteiger partial charge in [0.1, 0.15) is 0 Å². The van der Waals surface area contributed by atoms with Crippen LogP contribution in [0.5, 0.6) is 0 Å². The van der Waals surface area contributed by atoms with Crippen LogP contribution in [0.1, 0.15) is 37.7 Å². The zero-order valence-electron chi connectivity index (χ0n) is 15.2. The van der Waals surface area contributed by atoms with Gasteiger partial charge in [-0.25, -0.2) is 8.42 Å². The second-order valence-electron chi connectivity index (χ2n) is 6.92. The molecule has 1 fully saturated rings. The summed E-state index contributed by atoms with van der Waals surface area (Å²) in [6, 6.07) is 11.2. The molecular weight excluding hydrogens is 384 g/mol. The van der Waals surface area contributed by atoms with Crippen LogP contribution in [0, 0.1) is 12.8 Å². The first kappa shape index (κ1) is 19.7. The van der Waals surface area contributed by atoms with Crippen LogP contribution >= 0.6 is 11.6 Å². The first-order valence-electron chi connectivity index (χ1n) is 9.05. The fourth-order valence-corrected chi connectivity index (χ4v) is 4.43. The first-order valence-corrected chi connectivity index (χ1v) is 10.9. The van der Waals surface area contributed by atoms with Crippen molar-refractivity contribution in [3.05, 3.63) is 53.1 Å². The van der Waals surface area contributed by atoms with Crippen molar-refractivity contribution in [2.75, 3.05) is 10.0 Å². The van der Waals surface area contributed by atoms with Gasteiger partial charge in [0.2, 0.25) is 5.91 Å². The van der Waals surface area contributed by atoms with E-state index in [0.717, 1.165) is 31.2 Å². The highest BCUT2D eigenvalue weighted by Gasteiger charge is 2.21. The second-order valence-corrected chi connectivity index (χ2v) is 9.01. The van der Waals surface area contributed by atoms with Crippen LogP contribution in [-0.4, -0.2) is 14.3 Å². The lowest BCUT2D eigenvalue weighted by molar-refractivity contribution is -0.120. The predicted molar refractivity (Wildman–Crippen MR) is 109 cm³/mol. The third-order valence-corrected chi connectivity index (χ3v) is 6.64. The number of benzene rings is 2. The largest absolute Gasteiger partial charge is 0.326 e.